The first-order valence-electron chi connectivity index (χ1n) is 13.8. The maximum absolute atomic E-state index is 14.9. The summed E-state index contributed by atoms with van der Waals surface area (Å²) in [5, 5.41) is 2.57. The number of hydrogen-bond donors (Lipinski definition) is 1. The molecule has 1 atom stereocenters. The van der Waals surface area contributed by atoms with Crippen LogP contribution >= 0.6 is 0 Å². The number of amides is 1. The number of hydrogen-bond acceptors (Lipinski definition) is 4. The Balaban J connectivity index is 1.96. The lowest BCUT2D eigenvalue weighted by Crippen LogP contribution is -2.49. The van der Waals surface area contributed by atoms with Gasteiger partial charge < -0.3 is 14.8 Å². The molecule has 1 unspecified atom stereocenters. The average molecular weight is 666 g/mol. The van der Waals surface area contributed by atoms with Crippen LogP contribution in [-0.2, 0) is 33.8 Å². The third-order valence-corrected chi connectivity index (χ3v) is 7.27. The molecule has 0 aliphatic heterocycles. The van der Waals surface area contributed by atoms with Crippen LogP contribution in [0.5, 0.6) is 5.75 Å². The van der Waals surface area contributed by atoms with Crippen molar-refractivity contribution in [2.24, 2.45) is 0 Å². The molecule has 0 bridgehead atoms. The Labute approximate surface area is 264 Å². The van der Waals surface area contributed by atoms with E-state index in [0.717, 1.165) is 43.5 Å². The van der Waals surface area contributed by atoms with Crippen LogP contribution in [0.25, 0.3) is 0 Å². The molecule has 0 heterocycles. The highest BCUT2D eigenvalue weighted by atomic mass is 19.4. The Morgan fingerprint density at radius 2 is 1.32 bits per heavy atom. The normalized spacial score (nSPS) is 13.4. The Hall–Kier alpha value is -4.94. The third kappa shape index (κ3) is 7.90. The molecule has 0 saturated heterocycles. The molecule has 4 aromatic rings. The van der Waals surface area contributed by atoms with E-state index in [4.69, 9.17) is 4.74 Å². The molecular weight excluding hydrogens is 638 g/mol. The Morgan fingerprint density at radius 3 is 1.94 bits per heavy atom. The molecule has 13 heteroatoms. The van der Waals surface area contributed by atoms with Crippen LogP contribution in [0, 0.1) is 11.6 Å². The zero-order chi connectivity index (χ0) is 34.8. The summed E-state index contributed by atoms with van der Waals surface area (Å²) in [4.78, 5) is 25.9. The summed E-state index contributed by atoms with van der Waals surface area (Å²) in [6.45, 7) is 2.61. The van der Waals surface area contributed by atoms with E-state index in [1.54, 1.807) is 6.07 Å². The number of methoxy groups -OCH3 is 1. The summed E-state index contributed by atoms with van der Waals surface area (Å²) >= 11 is 0. The van der Waals surface area contributed by atoms with Crippen LogP contribution in [0.4, 0.5) is 35.1 Å². The van der Waals surface area contributed by atoms with Gasteiger partial charge in [-0.2, -0.15) is 26.3 Å². The number of nitrogens with one attached hydrogen (secondary N) is 1. The molecule has 0 aromatic heterocycles. The zero-order valence-electron chi connectivity index (χ0n) is 25.0. The highest BCUT2D eigenvalue weighted by Crippen LogP contribution is 2.39. The standard InChI is InChI=1S/C34H27F8NO4/c1-31(2,30(45)46-3)47-28-14-20(12-13-27(28)36)19-32(22-9-5-4-6-10-22,24-16-25(34(40,41)42)18-26(35)17-24)43-29(44)21-8-7-11-23(15-21)33(37,38)39/h4-18H,19H2,1-3H3,(H,43,44). The first-order chi connectivity index (χ1) is 21.9. The number of carbonyl (C=O) groups is 2. The summed E-state index contributed by atoms with van der Waals surface area (Å²) in [6, 6.07) is 15.7. The number of ether oxygens (including phenoxy) is 2. The van der Waals surface area contributed by atoms with Crippen molar-refractivity contribution < 1.29 is 54.2 Å². The molecular formula is C34H27F8NO4. The molecule has 0 spiro atoms. The smallest absolute Gasteiger partial charge is 0.416 e. The van der Waals surface area contributed by atoms with Crippen LogP contribution in [0.3, 0.4) is 0 Å². The fourth-order valence-electron chi connectivity index (χ4n) is 4.99. The molecule has 1 N–H and O–H groups in total. The number of rotatable bonds is 9. The van der Waals surface area contributed by atoms with Gasteiger partial charge >= 0.3 is 18.3 Å². The van der Waals surface area contributed by atoms with E-state index in [1.807, 2.05) is 0 Å². The molecule has 0 aliphatic rings. The average Bonchev–Trinajstić information content (AvgIpc) is 3.01. The van der Waals surface area contributed by atoms with Gasteiger partial charge in [0.25, 0.3) is 5.91 Å². The summed E-state index contributed by atoms with van der Waals surface area (Å²) in [5.41, 5.74) is -7.02. The van der Waals surface area contributed by atoms with E-state index in [-0.39, 0.29) is 17.2 Å². The highest BCUT2D eigenvalue weighted by molar-refractivity contribution is 5.95. The number of benzene rings is 4. The second kappa shape index (κ2) is 13.0. The maximum Gasteiger partial charge on any atom is 0.416 e. The SMILES string of the molecule is COC(=O)C(C)(C)Oc1cc(CC(NC(=O)c2cccc(C(F)(F)F)c2)(c2ccccc2)c2cc(F)cc(C(F)(F)F)c2)ccc1F. The Kier molecular flexibility index (Phi) is 9.70. The van der Waals surface area contributed by atoms with Crippen LogP contribution in [0.15, 0.2) is 91.0 Å². The highest BCUT2D eigenvalue weighted by Gasteiger charge is 2.41. The number of halogens is 8. The van der Waals surface area contributed by atoms with Crippen LogP contribution < -0.4 is 10.1 Å². The van der Waals surface area contributed by atoms with E-state index in [0.29, 0.717) is 12.1 Å². The summed E-state index contributed by atoms with van der Waals surface area (Å²) in [6.07, 6.45) is -10.3. The summed E-state index contributed by atoms with van der Waals surface area (Å²) in [7, 11) is 1.09. The minimum absolute atomic E-state index is 0.112. The van der Waals surface area contributed by atoms with Crippen molar-refractivity contribution in [1.82, 2.24) is 5.32 Å². The van der Waals surface area contributed by atoms with Gasteiger partial charge in [-0.05, 0) is 79.1 Å². The molecule has 47 heavy (non-hydrogen) atoms. The maximum atomic E-state index is 14.9. The van der Waals surface area contributed by atoms with Crippen molar-refractivity contribution in [3.63, 3.8) is 0 Å². The van der Waals surface area contributed by atoms with Crippen molar-refractivity contribution in [3.05, 3.63) is 136 Å². The van der Waals surface area contributed by atoms with Crippen molar-refractivity contribution in [3.8, 4) is 5.75 Å². The van der Waals surface area contributed by atoms with Gasteiger partial charge in [-0.15, -0.1) is 0 Å². The van der Waals surface area contributed by atoms with E-state index in [2.05, 4.69) is 10.1 Å². The van der Waals surface area contributed by atoms with Gasteiger partial charge in [0.15, 0.2) is 17.2 Å². The molecule has 0 saturated carbocycles. The molecule has 5 nitrogen and oxygen atoms in total. The predicted molar refractivity (Wildman–Crippen MR) is 154 cm³/mol. The van der Waals surface area contributed by atoms with Crippen molar-refractivity contribution in [2.45, 2.75) is 43.8 Å². The van der Waals surface area contributed by atoms with Gasteiger partial charge in [0.1, 0.15) is 5.82 Å². The van der Waals surface area contributed by atoms with E-state index in [9.17, 15) is 44.7 Å². The Morgan fingerprint density at radius 1 is 0.702 bits per heavy atom. The Bertz CT molecular complexity index is 1770. The molecule has 4 rings (SSSR count). The van der Waals surface area contributed by atoms with Crippen molar-refractivity contribution in [2.75, 3.05) is 7.11 Å². The van der Waals surface area contributed by atoms with Gasteiger partial charge in [-0.25, -0.2) is 13.6 Å². The molecule has 4 aromatic carbocycles. The lowest BCUT2D eigenvalue weighted by atomic mass is 9.77. The van der Waals surface area contributed by atoms with E-state index in [1.165, 1.54) is 44.2 Å². The fraction of sp³-hybridized carbons (Fsp3) is 0.235. The second-order valence-corrected chi connectivity index (χ2v) is 11.1. The molecule has 0 fully saturated rings. The van der Waals surface area contributed by atoms with E-state index < -0.39 is 81.4 Å². The van der Waals surface area contributed by atoms with Crippen LogP contribution in [0.2, 0.25) is 0 Å². The van der Waals surface area contributed by atoms with Crippen molar-refractivity contribution in [1.29, 1.82) is 0 Å². The van der Waals surface area contributed by atoms with E-state index >= 15 is 0 Å². The third-order valence-electron chi connectivity index (χ3n) is 7.27. The van der Waals surface area contributed by atoms with Crippen molar-refractivity contribution >= 4 is 11.9 Å². The topological polar surface area (TPSA) is 64.6 Å². The van der Waals surface area contributed by atoms with Gasteiger partial charge in [0.05, 0.1) is 23.8 Å². The largest absolute Gasteiger partial charge is 0.473 e. The summed E-state index contributed by atoms with van der Waals surface area (Å²) in [5.74, 6) is -4.68. The second-order valence-electron chi connectivity index (χ2n) is 11.1. The number of esters is 1. The minimum atomic E-state index is -5.03. The molecule has 0 radical (unpaired) electrons. The quantitative estimate of drug-likeness (QED) is 0.145. The summed E-state index contributed by atoms with van der Waals surface area (Å²) < 4.78 is 122. The number of carbonyl (C=O) groups excluding carboxylic acids is 2. The predicted octanol–water partition coefficient (Wildman–Crippen LogP) is 8.25. The lowest BCUT2D eigenvalue weighted by molar-refractivity contribution is -0.156. The molecule has 1 amide bonds. The lowest BCUT2D eigenvalue weighted by Gasteiger charge is -2.37. The zero-order valence-corrected chi connectivity index (χ0v) is 25.0. The van der Waals surface area contributed by atoms with Gasteiger partial charge in [0, 0.05) is 12.0 Å². The van der Waals surface area contributed by atoms with Gasteiger partial charge in [-0.1, -0.05) is 42.5 Å². The van der Waals surface area contributed by atoms with Crippen LogP contribution in [0.1, 0.15) is 52.0 Å². The molecule has 0 aliphatic carbocycles. The number of alkyl halides is 6. The first kappa shape index (κ1) is 34.9. The molecule has 248 valence electrons. The van der Waals surface area contributed by atoms with Gasteiger partial charge in [0.2, 0.25) is 0 Å². The minimum Gasteiger partial charge on any atom is -0.473 e. The fourth-order valence-corrected chi connectivity index (χ4v) is 4.99. The van der Waals surface area contributed by atoms with Gasteiger partial charge in [-0.3, -0.25) is 4.79 Å². The van der Waals surface area contributed by atoms with Crippen LogP contribution in [-0.4, -0.2) is 24.6 Å². The first-order valence-corrected chi connectivity index (χ1v) is 13.8. The monoisotopic (exact) mass is 665 g/mol.